The summed E-state index contributed by atoms with van der Waals surface area (Å²) in [6.45, 7) is 0.173. The Morgan fingerprint density at radius 1 is 1.46 bits per heavy atom. The van der Waals surface area contributed by atoms with Crippen LogP contribution in [-0.4, -0.2) is 20.7 Å². The predicted octanol–water partition coefficient (Wildman–Crippen LogP) is 2.92. The highest BCUT2D eigenvalue weighted by Gasteiger charge is 2.47. The van der Waals surface area contributed by atoms with Crippen molar-refractivity contribution in [2.24, 2.45) is 13.0 Å². The summed E-state index contributed by atoms with van der Waals surface area (Å²) in [5.74, 6) is -0.557. The van der Waals surface area contributed by atoms with E-state index in [2.05, 4.69) is 15.5 Å². The number of halogens is 3. The van der Waals surface area contributed by atoms with E-state index in [-0.39, 0.29) is 18.0 Å². The number of benzene rings is 1. The molecule has 1 aromatic heterocycles. The third-order valence-corrected chi connectivity index (χ3v) is 4.55. The minimum atomic E-state index is -4.41. The second-order valence-electron chi connectivity index (χ2n) is 5.76. The minimum Gasteiger partial charge on any atom is -0.349 e. The molecule has 3 rings (SSSR count). The average molecular weight is 356 g/mol. The Kier molecular flexibility index (Phi) is 4.20. The lowest BCUT2D eigenvalue weighted by atomic mass is 10.0. The van der Waals surface area contributed by atoms with Crippen molar-refractivity contribution in [2.75, 3.05) is 0 Å². The van der Waals surface area contributed by atoms with Crippen molar-refractivity contribution in [3.8, 4) is 0 Å². The van der Waals surface area contributed by atoms with Crippen LogP contribution >= 0.6 is 12.2 Å². The third-order valence-electron chi connectivity index (χ3n) is 4.19. The first kappa shape index (κ1) is 16.7. The number of hydrogen-bond donors (Lipinski definition) is 2. The van der Waals surface area contributed by atoms with Gasteiger partial charge in [-0.15, -0.1) is 0 Å². The molecule has 9 heteroatoms. The summed E-state index contributed by atoms with van der Waals surface area (Å²) in [5, 5.41) is 9.28. The number of H-pyrrole nitrogens is 1. The summed E-state index contributed by atoms with van der Waals surface area (Å²) in [4.78, 5) is 12.2. The molecule has 5 nitrogen and oxygen atoms in total. The second-order valence-corrected chi connectivity index (χ2v) is 6.14. The average Bonchev–Trinajstić information content (AvgIpc) is 3.27. The molecule has 24 heavy (non-hydrogen) atoms. The molecule has 0 aliphatic heterocycles. The zero-order chi connectivity index (χ0) is 17.5. The highest BCUT2D eigenvalue weighted by molar-refractivity contribution is 7.71. The van der Waals surface area contributed by atoms with Gasteiger partial charge in [0.05, 0.1) is 12.1 Å². The lowest BCUT2D eigenvalue weighted by Gasteiger charge is -2.12. The van der Waals surface area contributed by atoms with Crippen molar-refractivity contribution in [3.05, 3.63) is 46.0 Å². The van der Waals surface area contributed by atoms with Crippen molar-refractivity contribution < 1.29 is 18.0 Å². The van der Waals surface area contributed by atoms with E-state index in [1.165, 1.54) is 12.1 Å². The molecule has 1 aliphatic rings. The maximum atomic E-state index is 13.1. The van der Waals surface area contributed by atoms with Crippen LogP contribution < -0.4 is 5.32 Å². The molecule has 1 heterocycles. The van der Waals surface area contributed by atoms with Crippen molar-refractivity contribution in [3.63, 3.8) is 0 Å². The number of rotatable bonds is 4. The van der Waals surface area contributed by atoms with Crippen molar-refractivity contribution in [1.29, 1.82) is 0 Å². The first-order valence-corrected chi connectivity index (χ1v) is 7.74. The Morgan fingerprint density at radius 2 is 2.17 bits per heavy atom. The van der Waals surface area contributed by atoms with Crippen LogP contribution in [0.5, 0.6) is 0 Å². The number of alkyl halides is 3. The summed E-state index contributed by atoms with van der Waals surface area (Å²) in [5.41, 5.74) is -0.483. The second kappa shape index (κ2) is 6.04. The van der Waals surface area contributed by atoms with Gasteiger partial charge in [-0.05, 0) is 36.2 Å². The third kappa shape index (κ3) is 3.21. The van der Waals surface area contributed by atoms with Gasteiger partial charge >= 0.3 is 6.18 Å². The van der Waals surface area contributed by atoms with Gasteiger partial charge in [0.1, 0.15) is 0 Å². The Hall–Kier alpha value is -2.16. The highest BCUT2D eigenvalue weighted by atomic mass is 32.1. The lowest BCUT2D eigenvalue weighted by molar-refractivity contribution is -0.138. The number of hydrogen-bond acceptors (Lipinski definition) is 3. The van der Waals surface area contributed by atoms with Crippen LogP contribution in [0.15, 0.2) is 24.3 Å². The summed E-state index contributed by atoms with van der Waals surface area (Å²) in [7, 11) is 1.72. The summed E-state index contributed by atoms with van der Waals surface area (Å²) < 4.78 is 41.2. The maximum Gasteiger partial charge on any atom is 0.416 e. The van der Waals surface area contributed by atoms with Crippen LogP contribution in [0.3, 0.4) is 0 Å². The van der Waals surface area contributed by atoms with Crippen LogP contribution in [0, 0.1) is 10.7 Å². The van der Waals surface area contributed by atoms with Gasteiger partial charge in [-0.1, -0.05) is 18.2 Å². The van der Waals surface area contributed by atoms with E-state index in [0.717, 1.165) is 6.07 Å². The molecule has 128 valence electrons. The fourth-order valence-electron chi connectivity index (χ4n) is 2.74. The van der Waals surface area contributed by atoms with E-state index >= 15 is 0 Å². The zero-order valence-electron chi connectivity index (χ0n) is 12.7. The van der Waals surface area contributed by atoms with Crippen LogP contribution in [0.1, 0.15) is 29.3 Å². The smallest absolute Gasteiger partial charge is 0.349 e. The van der Waals surface area contributed by atoms with E-state index < -0.39 is 23.6 Å². The van der Waals surface area contributed by atoms with Gasteiger partial charge in [-0.3, -0.25) is 9.89 Å². The maximum absolute atomic E-state index is 13.1. The molecule has 1 saturated carbocycles. The number of nitrogens with one attached hydrogen (secondary N) is 2. The van der Waals surface area contributed by atoms with Gasteiger partial charge < -0.3 is 9.88 Å². The quantitative estimate of drug-likeness (QED) is 0.828. The van der Waals surface area contributed by atoms with Gasteiger partial charge in [0.25, 0.3) is 0 Å². The van der Waals surface area contributed by atoms with Gasteiger partial charge in [0.15, 0.2) is 10.6 Å². The molecule has 0 spiro atoms. The number of nitrogens with zero attached hydrogens (tertiary/aromatic N) is 2. The normalized spacial score (nSPS) is 20.0. The van der Waals surface area contributed by atoms with Crippen molar-refractivity contribution >= 4 is 18.1 Å². The number of aromatic amines is 1. The van der Waals surface area contributed by atoms with Crippen LogP contribution in [0.4, 0.5) is 13.2 Å². The molecule has 2 atom stereocenters. The summed E-state index contributed by atoms with van der Waals surface area (Å²) >= 11 is 4.98. The van der Waals surface area contributed by atoms with E-state index in [0.29, 0.717) is 17.0 Å². The molecule has 1 aromatic carbocycles. The molecule has 1 aliphatic carbocycles. The highest BCUT2D eigenvalue weighted by Crippen LogP contribution is 2.51. The standard InChI is InChI=1S/C15H15F3N4OS/c1-22-12(20-21-14(22)24)7-19-13(23)10-6-9(10)8-4-2-3-5-11(8)15(16,17)18/h2-5,9-10H,6-7H2,1H3,(H,19,23)(H,21,24)/t9-,10-/m1/s1. The molecule has 2 N–H and O–H groups in total. The van der Waals surface area contributed by atoms with Gasteiger partial charge in [0.2, 0.25) is 5.91 Å². The Balaban J connectivity index is 1.66. The molecule has 0 unspecified atom stereocenters. The predicted molar refractivity (Wildman–Crippen MR) is 82.5 cm³/mol. The number of carbonyl (C=O) groups excluding carboxylic acids is 1. The SMILES string of the molecule is Cn1c(CNC(=O)[C@@H]2C[C@@H]2c2ccccc2C(F)(F)F)n[nH]c1=S. The molecular weight excluding hydrogens is 341 g/mol. The molecule has 0 radical (unpaired) electrons. The number of carbonyl (C=O) groups is 1. The van der Waals surface area contributed by atoms with Gasteiger partial charge in [-0.2, -0.15) is 18.3 Å². The monoisotopic (exact) mass is 356 g/mol. The first-order valence-electron chi connectivity index (χ1n) is 7.33. The molecule has 2 aromatic rings. The fraction of sp³-hybridized carbons (Fsp3) is 0.400. The molecule has 1 fully saturated rings. The zero-order valence-corrected chi connectivity index (χ0v) is 13.5. The van der Waals surface area contributed by atoms with E-state index in [1.807, 2.05) is 0 Å². The largest absolute Gasteiger partial charge is 0.416 e. The molecule has 1 amide bonds. The topological polar surface area (TPSA) is 62.7 Å². The minimum absolute atomic E-state index is 0.173. The molecular formula is C15H15F3N4OS. The Morgan fingerprint density at radius 3 is 2.79 bits per heavy atom. The van der Waals surface area contributed by atoms with E-state index in [1.54, 1.807) is 17.7 Å². The lowest BCUT2D eigenvalue weighted by Crippen LogP contribution is -2.26. The summed E-state index contributed by atoms with van der Waals surface area (Å²) in [6.07, 6.45) is -4.00. The number of aromatic nitrogens is 3. The van der Waals surface area contributed by atoms with Crippen LogP contribution in [0.25, 0.3) is 0 Å². The van der Waals surface area contributed by atoms with Gasteiger partial charge in [0, 0.05) is 13.0 Å². The van der Waals surface area contributed by atoms with Crippen LogP contribution in [0.2, 0.25) is 0 Å². The Labute approximate surface area is 140 Å². The van der Waals surface area contributed by atoms with Crippen molar-refractivity contribution in [1.82, 2.24) is 20.1 Å². The van der Waals surface area contributed by atoms with Crippen LogP contribution in [-0.2, 0) is 24.6 Å². The Bertz CT molecular complexity index is 827. The van der Waals surface area contributed by atoms with Crippen molar-refractivity contribution in [2.45, 2.75) is 25.1 Å². The van der Waals surface area contributed by atoms with Gasteiger partial charge in [-0.25, -0.2) is 0 Å². The first-order chi connectivity index (χ1) is 11.3. The number of amides is 1. The fourth-order valence-corrected chi connectivity index (χ4v) is 2.89. The van der Waals surface area contributed by atoms with E-state index in [9.17, 15) is 18.0 Å². The molecule has 0 saturated heterocycles. The molecule has 0 bridgehead atoms. The van der Waals surface area contributed by atoms with E-state index in [4.69, 9.17) is 12.2 Å². The summed E-state index contributed by atoms with van der Waals surface area (Å²) in [6, 6.07) is 5.41.